The van der Waals surface area contributed by atoms with Crippen LogP contribution in [0.5, 0.6) is 0 Å². The van der Waals surface area contributed by atoms with Crippen LogP contribution in [0.25, 0.3) is 10.9 Å². The quantitative estimate of drug-likeness (QED) is 0.697. The summed E-state index contributed by atoms with van der Waals surface area (Å²) in [5.74, 6) is -0.519. The molecular weight excluding hydrogens is 369 g/mol. The van der Waals surface area contributed by atoms with E-state index in [-0.39, 0.29) is 23.5 Å². The van der Waals surface area contributed by atoms with Gasteiger partial charge in [-0.15, -0.1) is 0 Å². The molecule has 1 aliphatic heterocycles. The Morgan fingerprint density at radius 2 is 2.00 bits per heavy atom. The van der Waals surface area contributed by atoms with Gasteiger partial charge in [0.25, 0.3) is 5.91 Å². The number of nitrogens with zero attached hydrogens (tertiary/aromatic N) is 1. The summed E-state index contributed by atoms with van der Waals surface area (Å²) in [4.78, 5) is 30.1. The highest BCUT2D eigenvalue weighted by Crippen LogP contribution is 2.23. The highest BCUT2D eigenvalue weighted by molar-refractivity contribution is 5.95. The number of fused-ring (bicyclic) bond motifs is 1. The van der Waals surface area contributed by atoms with Crippen molar-refractivity contribution in [1.29, 1.82) is 0 Å². The third kappa shape index (κ3) is 4.01. The summed E-state index contributed by atoms with van der Waals surface area (Å²) in [5.41, 5.74) is 3.55. The Morgan fingerprint density at radius 3 is 2.79 bits per heavy atom. The van der Waals surface area contributed by atoms with Gasteiger partial charge in [0.05, 0.1) is 5.92 Å². The van der Waals surface area contributed by atoms with E-state index in [2.05, 4.69) is 10.3 Å². The zero-order chi connectivity index (χ0) is 20.4. The zero-order valence-electron chi connectivity index (χ0n) is 16.4. The van der Waals surface area contributed by atoms with Gasteiger partial charge in [-0.2, -0.15) is 0 Å². The molecule has 0 aliphatic carbocycles. The Bertz CT molecular complexity index is 1040. The molecule has 150 valence electrons. The maximum absolute atomic E-state index is 13.6. The third-order valence-corrected chi connectivity index (χ3v) is 5.62. The third-order valence-electron chi connectivity index (χ3n) is 5.62. The van der Waals surface area contributed by atoms with Gasteiger partial charge in [0, 0.05) is 41.8 Å². The molecule has 5 nitrogen and oxygen atoms in total. The fourth-order valence-corrected chi connectivity index (χ4v) is 4.05. The Labute approximate surface area is 168 Å². The minimum Gasteiger partial charge on any atom is -0.358 e. The maximum atomic E-state index is 13.6. The number of aromatic amines is 1. The number of hydrogen-bond donors (Lipinski definition) is 2. The second-order valence-corrected chi connectivity index (χ2v) is 7.56. The van der Waals surface area contributed by atoms with Crippen LogP contribution >= 0.6 is 0 Å². The maximum Gasteiger partial charge on any atom is 0.253 e. The lowest BCUT2D eigenvalue weighted by Gasteiger charge is -2.16. The van der Waals surface area contributed by atoms with Crippen molar-refractivity contribution >= 4 is 22.7 Å². The normalized spacial score (nSPS) is 16.3. The smallest absolute Gasteiger partial charge is 0.253 e. The summed E-state index contributed by atoms with van der Waals surface area (Å²) >= 11 is 0. The largest absolute Gasteiger partial charge is 0.358 e. The lowest BCUT2D eigenvalue weighted by molar-refractivity contribution is -0.124. The predicted octanol–water partition coefficient (Wildman–Crippen LogP) is 3.44. The second-order valence-electron chi connectivity index (χ2n) is 7.56. The van der Waals surface area contributed by atoms with Crippen LogP contribution in [0, 0.1) is 18.7 Å². The van der Waals surface area contributed by atoms with Crippen LogP contribution in [-0.4, -0.2) is 41.3 Å². The van der Waals surface area contributed by atoms with Crippen LogP contribution in [0.1, 0.15) is 28.0 Å². The summed E-state index contributed by atoms with van der Waals surface area (Å²) in [5, 5.41) is 3.84. The van der Waals surface area contributed by atoms with Crippen molar-refractivity contribution in [3.63, 3.8) is 0 Å². The number of aryl methyl sites for hydroxylation is 1. The lowest BCUT2D eigenvalue weighted by Crippen LogP contribution is -2.35. The molecule has 2 amide bonds. The molecule has 1 aromatic heterocycles. The molecule has 3 aromatic rings. The molecule has 2 aromatic carbocycles. The van der Waals surface area contributed by atoms with Gasteiger partial charge in [0.1, 0.15) is 5.82 Å². The zero-order valence-corrected chi connectivity index (χ0v) is 16.4. The number of likely N-dealkylation sites (tertiary alicyclic amines) is 1. The molecule has 4 rings (SSSR count). The fourth-order valence-electron chi connectivity index (χ4n) is 4.05. The fraction of sp³-hybridized carbons (Fsp3) is 0.304. The highest BCUT2D eigenvalue weighted by atomic mass is 19.1. The van der Waals surface area contributed by atoms with Gasteiger partial charge in [-0.05, 0) is 55.7 Å². The molecule has 0 radical (unpaired) electrons. The predicted molar refractivity (Wildman–Crippen MR) is 110 cm³/mol. The molecule has 2 heterocycles. The van der Waals surface area contributed by atoms with Crippen molar-refractivity contribution in [1.82, 2.24) is 15.2 Å². The van der Waals surface area contributed by atoms with E-state index in [0.29, 0.717) is 38.0 Å². The van der Waals surface area contributed by atoms with E-state index in [9.17, 15) is 14.0 Å². The molecule has 0 saturated carbocycles. The van der Waals surface area contributed by atoms with E-state index in [0.717, 1.165) is 22.2 Å². The van der Waals surface area contributed by atoms with Gasteiger partial charge in [-0.1, -0.05) is 18.2 Å². The van der Waals surface area contributed by atoms with Crippen LogP contribution in [0.3, 0.4) is 0 Å². The van der Waals surface area contributed by atoms with Crippen LogP contribution in [-0.2, 0) is 11.2 Å². The van der Waals surface area contributed by atoms with E-state index in [1.165, 1.54) is 12.1 Å². The van der Waals surface area contributed by atoms with E-state index in [1.54, 1.807) is 23.1 Å². The Balaban J connectivity index is 1.32. The van der Waals surface area contributed by atoms with Gasteiger partial charge < -0.3 is 15.2 Å². The first-order valence-electron chi connectivity index (χ1n) is 9.91. The number of carbonyl (C=O) groups is 2. The SMILES string of the molecule is Cc1[nH]c2ccc(F)cc2c1CCNC(=O)C1CCN(C(=O)c2ccccc2)C1. The average molecular weight is 393 g/mol. The van der Waals surface area contributed by atoms with Gasteiger partial charge >= 0.3 is 0 Å². The summed E-state index contributed by atoms with van der Waals surface area (Å²) in [7, 11) is 0. The lowest BCUT2D eigenvalue weighted by atomic mass is 10.1. The summed E-state index contributed by atoms with van der Waals surface area (Å²) < 4.78 is 13.6. The van der Waals surface area contributed by atoms with Crippen molar-refractivity contribution in [2.45, 2.75) is 19.8 Å². The minimum absolute atomic E-state index is 0.0302. The first kappa shape index (κ1) is 19.2. The molecule has 0 spiro atoms. The van der Waals surface area contributed by atoms with Gasteiger partial charge in [-0.25, -0.2) is 4.39 Å². The van der Waals surface area contributed by atoms with Crippen molar-refractivity contribution in [3.8, 4) is 0 Å². The number of rotatable bonds is 5. The second kappa shape index (κ2) is 8.07. The van der Waals surface area contributed by atoms with E-state index < -0.39 is 0 Å². The molecule has 1 aliphatic rings. The highest BCUT2D eigenvalue weighted by Gasteiger charge is 2.31. The minimum atomic E-state index is -0.268. The van der Waals surface area contributed by atoms with Gasteiger partial charge in [-0.3, -0.25) is 9.59 Å². The number of carbonyl (C=O) groups excluding carboxylic acids is 2. The van der Waals surface area contributed by atoms with E-state index in [4.69, 9.17) is 0 Å². The summed E-state index contributed by atoms with van der Waals surface area (Å²) in [6.07, 6.45) is 1.29. The molecule has 1 unspecified atom stereocenters. The molecule has 1 saturated heterocycles. The first-order chi connectivity index (χ1) is 14.0. The Hall–Kier alpha value is -3.15. The van der Waals surface area contributed by atoms with Crippen molar-refractivity contribution in [2.24, 2.45) is 5.92 Å². The molecule has 29 heavy (non-hydrogen) atoms. The Morgan fingerprint density at radius 1 is 1.21 bits per heavy atom. The number of halogens is 1. The van der Waals surface area contributed by atoms with Crippen LogP contribution < -0.4 is 5.32 Å². The molecular formula is C23H24FN3O2. The number of amides is 2. The molecule has 6 heteroatoms. The van der Waals surface area contributed by atoms with Crippen LogP contribution in [0.15, 0.2) is 48.5 Å². The van der Waals surface area contributed by atoms with Crippen LogP contribution in [0.4, 0.5) is 4.39 Å². The first-order valence-corrected chi connectivity index (χ1v) is 9.91. The molecule has 0 bridgehead atoms. The molecule has 1 fully saturated rings. The standard InChI is InChI=1S/C23H24FN3O2/c1-15-19(20-13-18(24)7-8-21(20)26-15)9-11-25-22(28)17-10-12-27(14-17)23(29)16-5-3-2-4-6-16/h2-8,13,17,26H,9-12,14H2,1H3,(H,25,28). The average Bonchev–Trinajstić information content (AvgIpc) is 3.33. The number of hydrogen-bond acceptors (Lipinski definition) is 2. The summed E-state index contributed by atoms with van der Waals surface area (Å²) in [6, 6.07) is 13.8. The van der Waals surface area contributed by atoms with E-state index >= 15 is 0 Å². The van der Waals surface area contributed by atoms with Crippen molar-refractivity contribution < 1.29 is 14.0 Å². The number of benzene rings is 2. The topological polar surface area (TPSA) is 65.2 Å². The number of aromatic nitrogens is 1. The van der Waals surface area contributed by atoms with Gasteiger partial charge in [0.2, 0.25) is 5.91 Å². The Kier molecular flexibility index (Phi) is 5.34. The molecule has 2 N–H and O–H groups in total. The number of nitrogens with one attached hydrogen (secondary N) is 2. The van der Waals surface area contributed by atoms with Gasteiger partial charge in [0.15, 0.2) is 0 Å². The van der Waals surface area contributed by atoms with E-state index in [1.807, 2.05) is 25.1 Å². The van der Waals surface area contributed by atoms with Crippen molar-refractivity contribution in [2.75, 3.05) is 19.6 Å². The number of H-pyrrole nitrogens is 1. The van der Waals surface area contributed by atoms with Crippen molar-refractivity contribution in [3.05, 3.63) is 71.2 Å². The summed E-state index contributed by atoms with van der Waals surface area (Å²) in [6.45, 7) is 3.47. The monoisotopic (exact) mass is 393 g/mol. The van der Waals surface area contributed by atoms with Crippen LogP contribution in [0.2, 0.25) is 0 Å². The molecule has 1 atom stereocenters.